The number of nitrogens with one attached hydrogen (secondary N) is 2. The number of aromatic nitrogens is 1. The molecule has 0 fully saturated rings. The second-order valence-electron chi connectivity index (χ2n) is 5.44. The Morgan fingerprint density at radius 3 is 2.62 bits per heavy atom. The van der Waals surface area contributed by atoms with E-state index in [9.17, 15) is 9.59 Å². The Kier molecular flexibility index (Phi) is 7.28. The van der Waals surface area contributed by atoms with Crippen molar-refractivity contribution in [3.63, 3.8) is 0 Å². The number of hydrogen-bond donors (Lipinski definition) is 2. The molecule has 0 bridgehead atoms. The highest BCUT2D eigenvalue weighted by atomic mass is 32.1. The fourth-order valence-electron chi connectivity index (χ4n) is 2.05. The SMILES string of the molecule is CCCC(=O)Nc1ccc(-c2csc(N/N=C(/C)C(=O)OCC)n2)cc1. The van der Waals surface area contributed by atoms with Crippen molar-refractivity contribution in [1.29, 1.82) is 0 Å². The summed E-state index contributed by atoms with van der Waals surface area (Å²) in [5.74, 6) is -0.451. The van der Waals surface area contributed by atoms with Crippen LogP contribution in [0.4, 0.5) is 10.8 Å². The largest absolute Gasteiger partial charge is 0.461 e. The van der Waals surface area contributed by atoms with Crippen LogP contribution in [0, 0.1) is 0 Å². The predicted molar refractivity (Wildman–Crippen MR) is 104 cm³/mol. The number of esters is 1. The first-order chi connectivity index (χ1) is 12.5. The molecule has 0 unspecified atom stereocenters. The number of carbonyl (C=O) groups is 2. The number of rotatable bonds is 8. The molecule has 26 heavy (non-hydrogen) atoms. The smallest absolute Gasteiger partial charge is 0.354 e. The summed E-state index contributed by atoms with van der Waals surface area (Å²) < 4.78 is 4.86. The van der Waals surface area contributed by atoms with Crippen LogP contribution in [-0.4, -0.2) is 29.2 Å². The molecule has 0 aliphatic carbocycles. The first-order valence-electron chi connectivity index (χ1n) is 8.36. The van der Waals surface area contributed by atoms with Gasteiger partial charge in [0.1, 0.15) is 5.71 Å². The molecule has 0 aliphatic heterocycles. The Hall–Kier alpha value is -2.74. The van der Waals surface area contributed by atoms with E-state index in [2.05, 4.69) is 20.8 Å². The van der Waals surface area contributed by atoms with Gasteiger partial charge in [0.25, 0.3) is 0 Å². The molecule has 0 saturated heterocycles. The van der Waals surface area contributed by atoms with E-state index < -0.39 is 5.97 Å². The lowest BCUT2D eigenvalue weighted by molar-refractivity contribution is -0.135. The monoisotopic (exact) mass is 374 g/mol. The van der Waals surface area contributed by atoms with Gasteiger partial charge in [-0.15, -0.1) is 11.3 Å². The summed E-state index contributed by atoms with van der Waals surface area (Å²) in [4.78, 5) is 27.6. The van der Waals surface area contributed by atoms with Gasteiger partial charge in [-0.05, 0) is 32.4 Å². The van der Waals surface area contributed by atoms with Gasteiger partial charge < -0.3 is 10.1 Å². The van der Waals surface area contributed by atoms with Crippen LogP contribution in [0.5, 0.6) is 0 Å². The molecule has 2 N–H and O–H groups in total. The van der Waals surface area contributed by atoms with Crippen molar-refractivity contribution >= 4 is 39.7 Å². The number of thiazole rings is 1. The molecule has 8 heteroatoms. The molecule has 0 radical (unpaired) electrons. The molecule has 1 heterocycles. The number of anilines is 2. The van der Waals surface area contributed by atoms with E-state index in [4.69, 9.17) is 4.74 Å². The van der Waals surface area contributed by atoms with E-state index in [1.807, 2.05) is 36.6 Å². The van der Waals surface area contributed by atoms with E-state index in [1.54, 1.807) is 13.8 Å². The van der Waals surface area contributed by atoms with Crippen molar-refractivity contribution in [3.05, 3.63) is 29.6 Å². The number of benzene rings is 1. The number of hydrogen-bond acceptors (Lipinski definition) is 7. The lowest BCUT2D eigenvalue weighted by Gasteiger charge is -2.05. The van der Waals surface area contributed by atoms with E-state index >= 15 is 0 Å². The normalized spacial score (nSPS) is 11.1. The maximum Gasteiger partial charge on any atom is 0.354 e. The highest BCUT2D eigenvalue weighted by molar-refractivity contribution is 7.14. The van der Waals surface area contributed by atoms with Crippen molar-refractivity contribution in [2.45, 2.75) is 33.6 Å². The van der Waals surface area contributed by atoms with Crippen molar-refractivity contribution in [3.8, 4) is 11.3 Å². The minimum Gasteiger partial charge on any atom is -0.461 e. The Balaban J connectivity index is 1.99. The summed E-state index contributed by atoms with van der Waals surface area (Å²) in [6, 6.07) is 7.48. The Morgan fingerprint density at radius 1 is 1.23 bits per heavy atom. The van der Waals surface area contributed by atoms with E-state index in [-0.39, 0.29) is 11.6 Å². The number of carbonyl (C=O) groups excluding carboxylic acids is 2. The number of hydrazone groups is 1. The van der Waals surface area contributed by atoms with Gasteiger partial charge in [0.15, 0.2) is 0 Å². The van der Waals surface area contributed by atoms with Gasteiger partial charge in [-0.2, -0.15) is 5.10 Å². The third-order valence-corrected chi connectivity index (χ3v) is 4.08. The van der Waals surface area contributed by atoms with Crippen LogP contribution in [0.3, 0.4) is 0 Å². The summed E-state index contributed by atoms with van der Waals surface area (Å²) in [6.45, 7) is 5.59. The molecule has 7 nitrogen and oxygen atoms in total. The average Bonchev–Trinajstić information content (AvgIpc) is 3.09. The Morgan fingerprint density at radius 2 is 1.96 bits per heavy atom. The first-order valence-corrected chi connectivity index (χ1v) is 9.24. The van der Waals surface area contributed by atoms with Gasteiger partial charge in [0.05, 0.1) is 12.3 Å². The Labute approximate surface area is 156 Å². The molecule has 0 aliphatic rings. The fraction of sp³-hybridized carbons (Fsp3) is 0.333. The van der Waals surface area contributed by atoms with Crippen molar-refractivity contribution in [1.82, 2.24) is 4.98 Å². The van der Waals surface area contributed by atoms with Gasteiger partial charge in [-0.1, -0.05) is 19.1 Å². The second kappa shape index (κ2) is 9.67. The van der Waals surface area contributed by atoms with Crippen LogP contribution in [-0.2, 0) is 14.3 Å². The standard InChI is InChI=1S/C18H22N4O3S/c1-4-6-16(23)19-14-9-7-13(8-10-14)15-11-26-18(20-15)22-21-12(3)17(24)25-5-2/h7-11H,4-6H2,1-3H3,(H,19,23)(H,20,22)/b21-12-. The minimum absolute atomic E-state index is 0.00947. The molecule has 0 saturated carbocycles. The molecule has 0 atom stereocenters. The topological polar surface area (TPSA) is 92.7 Å². The van der Waals surface area contributed by atoms with E-state index in [0.29, 0.717) is 18.2 Å². The molecule has 1 aromatic carbocycles. The molecular formula is C18H22N4O3S. The summed E-state index contributed by atoms with van der Waals surface area (Å²) in [7, 11) is 0. The van der Waals surface area contributed by atoms with Crippen LogP contribution < -0.4 is 10.7 Å². The summed E-state index contributed by atoms with van der Waals surface area (Å²) in [6.07, 6.45) is 1.32. The zero-order valence-corrected chi connectivity index (χ0v) is 15.9. The number of nitrogens with zero attached hydrogens (tertiary/aromatic N) is 2. The zero-order valence-electron chi connectivity index (χ0n) is 15.0. The molecule has 0 spiro atoms. The molecule has 2 rings (SSSR count). The van der Waals surface area contributed by atoms with Gasteiger partial charge >= 0.3 is 5.97 Å². The molecule has 2 aromatic rings. The van der Waals surface area contributed by atoms with Crippen LogP contribution in [0.2, 0.25) is 0 Å². The van der Waals surface area contributed by atoms with Crippen LogP contribution in [0.1, 0.15) is 33.6 Å². The summed E-state index contributed by atoms with van der Waals surface area (Å²) in [5.41, 5.74) is 5.46. The lowest BCUT2D eigenvalue weighted by Crippen LogP contribution is -2.15. The summed E-state index contributed by atoms with van der Waals surface area (Å²) in [5, 5.41) is 9.29. The van der Waals surface area contributed by atoms with Gasteiger partial charge in [0, 0.05) is 23.1 Å². The van der Waals surface area contributed by atoms with Gasteiger partial charge in [-0.3, -0.25) is 10.2 Å². The Bertz CT molecular complexity index is 784. The van der Waals surface area contributed by atoms with Crippen molar-refractivity contribution in [2.24, 2.45) is 5.10 Å². The maximum atomic E-state index is 11.6. The molecule has 1 amide bonds. The quantitative estimate of drug-likeness (QED) is 0.415. The second-order valence-corrected chi connectivity index (χ2v) is 6.30. The maximum absolute atomic E-state index is 11.6. The third-order valence-electron chi connectivity index (χ3n) is 3.34. The first kappa shape index (κ1) is 19.6. The molecule has 1 aromatic heterocycles. The average molecular weight is 374 g/mol. The van der Waals surface area contributed by atoms with Crippen molar-refractivity contribution in [2.75, 3.05) is 17.3 Å². The van der Waals surface area contributed by atoms with E-state index in [0.717, 1.165) is 23.4 Å². The molecule has 138 valence electrons. The van der Waals surface area contributed by atoms with Gasteiger partial charge in [0.2, 0.25) is 11.0 Å². The van der Waals surface area contributed by atoms with Gasteiger partial charge in [-0.25, -0.2) is 9.78 Å². The predicted octanol–water partition coefficient (Wildman–Crippen LogP) is 3.90. The number of ether oxygens (including phenoxy) is 1. The summed E-state index contributed by atoms with van der Waals surface area (Å²) >= 11 is 1.38. The van der Waals surface area contributed by atoms with Crippen LogP contribution in [0.25, 0.3) is 11.3 Å². The highest BCUT2D eigenvalue weighted by Crippen LogP contribution is 2.26. The minimum atomic E-state index is -0.461. The highest BCUT2D eigenvalue weighted by Gasteiger charge is 2.08. The molecular weight excluding hydrogens is 352 g/mol. The van der Waals surface area contributed by atoms with Crippen molar-refractivity contribution < 1.29 is 14.3 Å². The zero-order chi connectivity index (χ0) is 18.9. The third kappa shape index (κ3) is 5.66. The number of amides is 1. The fourth-order valence-corrected chi connectivity index (χ4v) is 2.71. The van der Waals surface area contributed by atoms with Crippen LogP contribution >= 0.6 is 11.3 Å². The lowest BCUT2D eigenvalue weighted by atomic mass is 10.1. The van der Waals surface area contributed by atoms with Crippen LogP contribution in [0.15, 0.2) is 34.7 Å². The van der Waals surface area contributed by atoms with E-state index in [1.165, 1.54) is 11.3 Å².